The Kier molecular flexibility index (Phi) is 4.52. The molecule has 0 radical (unpaired) electrons. The molecule has 1 aliphatic rings. The molecule has 0 bridgehead atoms. The van der Waals surface area contributed by atoms with Crippen LogP contribution in [0.15, 0.2) is 18.2 Å². The van der Waals surface area contributed by atoms with E-state index < -0.39 is 5.97 Å². The molecule has 1 unspecified atom stereocenters. The molecule has 1 atom stereocenters. The van der Waals surface area contributed by atoms with Gasteiger partial charge < -0.3 is 15.4 Å². The third kappa shape index (κ3) is 3.18. The highest BCUT2D eigenvalue weighted by atomic mass is 32.2. The highest BCUT2D eigenvalue weighted by Crippen LogP contribution is 2.34. The first kappa shape index (κ1) is 15.4. The number of esters is 1. The van der Waals surface area contributed by atoms with E-state index >= 15 is 0 Å². The largest absolute Gasteiger partial charge is 0.465 e. The Labute approximate surface area is 126 Å². The average molecular weight is 308 g/mol. The number of rotatable bonds is 3. The van der Waals surface area contributed by atoms with Crippen LogP contribution < -0.4 is 10.6 Å². The number of carbonyl (C=O) groups excluding carboxylic acids is 3. The molecule has 0 saturated carbocycles. The molecule has 0 spiro atoms. The topological polar surface area (TPSA) is 89.7 Å². The maximum Gasteiger partial charge on any atom is 0.340 e. The van der Waals surface area contributed by atoms with Crippen molar-refractivity contribution in [3.63, 3.8) is 0 Å². The van der Waals surface area contributed by atoms with Crippen molar-refractivity contribution in [3.05, 3.63) is 23.8 Å². The number of methoxy groups -OCH3 is 1. The van der Waals surface area contributed by atoms with E-state index in [1.54, 1.807) is 18.2 Å². The van der Waals surface area contributed by atoms with Crippen molar-refractivity contribution in [2.75, 3.05) is 24.3 Å². The van der Waals surface area contributed by atoms with Gasteiger partial charge in [0.05, 0.1) is 24.0 Å². The minimum Gasteiger partial charge on any atom is -0.465 e. The maximum atomic E-state index is 12.2. The summed E-state index contributed by atoms with van der Waals surface area (Å²) in [5.74, 6) is -0.704. The van der Waals surface area contributed by atoms with Gasteiger partial charge in [-0.1, -0.05) is 17.8 Å². The number of benzene rings is 1. The summed E-state index contributed by atoms with van der Waals surface area (Å²) in [5.41, 5.74) is 6.87. The molecule has 112 valence electrons. The van der Waals surface area contributed by atoms with Crippen molar-refractivity contribution in [3.8, 4) is 0 Å². The number of anilines is 2. The molecule has 7 heteroatoms. The summed E-state index contributed by atoms with van der Waals surface area (Å²) in [7, 11) is 1.27. The molecule has 2 N–H and O–H groups in total. The van der Waals surface area contributed by atoms with Gasteiger partial charge in [-0.3, -0.25) is 9.59 Å². The lowest BCUT2D eigenvalue weighted by atomic mass is 10.1. The van der Waals surface area contributed by atoms with E-state index in [1.807, 2.05) is 0 Å². The van der Waals surface area contributed by atoms with Crippen LogP contribution in [0, 0.1) is 0 Å². The lowest BCUT2D eigenvalue weighted by Gasteiger charge is -2.21. The van der Waals surface area contributed by atoms with Crippen molar-refractivity contribution in [1.82, 2.24) is 0 Å². The summed E-state index contributed by atoms with van der Waals surface area (Å²) >= 11 is 1.13. The Bertz CT molecular complexity index is 603. The molecule has 21 heavy (non-hydrogen) atoms. The summed E-state index contributed by atoms with van der Waals surface area (Å²) < 4.78 is 4.73. The van der Waals surface area contributed by atoms with Crippen molar-refractivity contribution >= 4 is 40.1 Å². The first-order valence-corrected chi connectivity index (χ1v) is 7.26. The third-order valence-electron chi connectivity index (χ3n) is 3.16. The minimum atomic E-state index is -0.548. The zero-order valence-electron chi connectivity index (χ0n) is 11.8. The molecule has 2 rings (SSSR count). The number of nitrogen functional groups attached to an aromatic ring is 1. The molecule has 1 amide bonds. The van der Waals surface area contributed by atoms with Crippen LogP contribution in [-0.2, 0) is 14.3 Å². The van der Waals surface area contributed by atoms with E-state index in [0.29, 0.717) is 17.9 Å². The molecular formula is C14H16N2O4S. The van der Waals surface area contributed by atoms with Crippen molar-refractivity contribution in [2.24, 2.45) is 0 Å². The normalized spacial score (nSPS) is 17.9. The second kappa shape index (κ2) is 6.17. The van der Waals surface area contributed by atoms with Crippen LogP contribution in [0.3, 0.4) is 0 Å². The predicted octanol–water partition coefficient (Wildman–Crippen LogP) is 1.44. The van der Waals surface area contributed by atoms with Crippen LogP contribution in [-0.4, -0.2) is 35.9 Å². The number of nitrogens with zero attached hydrogens (tertiary/aromatic N) is 1. The van der Waals surface area contributed by atoms with Gasteiger partial charge in [0.15, 0.2) is 5.12 Å². The van der Waals surface area contributed by atoms with Crippen molar-refractivity contribution < 1.29 is 19.1 Å². The molecule has 0 aliphatic carbocycles. The van der Waals surface area contributed by atoms with Crippen LogP contribution in [0.4, 0.5) is 11.4 Å². The highest BCUT2D eigenvalue weighted by molar-refractivity contribution is 8.14. The lowest BCUT2D eigenvalue weighted by molar-refractivity contribution is -0.117. The van der Waals surface area contributed by atoms with E-state index in [-0.39, 0.29) is 28.3 Å². The average Bonchev–Trinajstić information content (AvgIpc) is 2.77. The second-order valence-electron chi connectivity index (χ2n) is 4.67. The van der Waals surface area contributed by atoms with Gasteiger partial charge in [0.2, 0.25) is 5.91 Å². The Hall–Kier alpha value is -2.02. The van der Waals surface area contributed by atoms with Gasteiger partial charge >= 0.3 is 5.97 Å². The number of nitrogens with two attached hydrogens (primary N) is 1. The van der Waals surface area contributed by atoms with E-state index in [4.69, 9.17) is 10.5 Å². The van der Waals surface area contributed by atoms with Crippen molar-refractivity contribution in [1.29, 1.82) is 0 Å². The van der Waals surface area contributed by atoms with Gasteiger partial charge in [0, 0.05) is 25.1 Å². The maximum absolute atomic E-state index is 12.2. The molecule has 0 aromatic heterocycles. The minimum absolute atomic E-state index is 0.0381. The Morgan fingerprint density at radius 1 is 1.43 bits per heavy atom. The first-order valence-electron chi connectivity index (χ1n) is 6.38. The Morgan fingerprint density at radius 3 is 2.76 bits per heavy atom. The molecule has 1 aliphatic heterocycles. The van der Waals surface area contributed by atoms with Crippen LogP contribution in [0.25, 0.3) is 0 Å². The van der Waals surface area contributed by atoms with Gasteiger partial charge in [-0.25, -0.2) is 4.79 Å². The van der Waals surface area contributed by atoms with E-state index in [9.17, 15) is 14.4 Å². The number of ether oxygens (including phenoxy) is 1. The molecule has 1 saturated heterocycles. The summed E-state index contributed by atoms with van der Waals surface area (Å²) in [6.45, 7) is 1.82. The summed E-state index contributed by atoms with van der Waals surface area (Å²) in [6.07, 6.45) is 0.249. The molecule has 6 nitrogen and oxygen atoms in total. The van der Waals surface area contributed by atoms with E-state index in [2.05, 4.69) is 0 Å². The number of thioether (sulfide) groups is 1. The standard InChI is InChI=1S/C14H16N2O4S/c1-8(17)21-9-6-12(18)16(7-9)13-10(14(19)20-2)4-3-5-11(13)15/h3-5,9H,6-7,15H2,1-2H3. The molecule has 1 aromatic carbocycles. The van der Waals surface area contributed by atoms with Gasteiger partial charge in [0.25, 0.3) is 0 Å². The predicted molar refractivity (Wildman–Crippen MR) is 81.2 cm³/mol. The molecular weight excluding hydrogens is 292 g/mol. The van der Waals surface area contributed by atoms with E-state index in [0.717, 1.165) is 11.8 Å². The van der Waals surface area contributed by atoms with Gasteiger partial charge in [-0.05, 0) is 12.1 Å². The van der Waals surface area contributed by atoms with Gasteiger partial charge in [0.1, 0.15) is 0 Å². The zero-order chi connectivity index (χ0) is 15.6. The van der Waals surface area contributed by atoms with Crippen LogP contribution in [0.1, 0.15) is 23.7 Å². The Morgan fingerprint density at radius 2 is 2.14 bits per heavy atom. The van der Waals surface area contributed by atoms with Crippen LogP contribution >= 0.6 is 11.8 Å². The monoisotopic (exact) mass is 308 g/mol. The third-order valence-corrected chi connectivity index (χ3v) is 4.15. The van der Waals surface area contributed by atoms with Gasteiger partial charge in [-0.15, -0.1) is 0 Å². The number of hydrogen-bond acceptors (Lipinski definition) is 6. The van der Waals surface area contributed by atoms with Gasteiger partial charge in [-0.2, -0.15) is 0 Å². The number of para-hydroxylation sites is 1. The van der Waals surface area contributed by atoms with Crippen LogP contribution in [0.2, 0.25) is 0 Å². The highest BCUT2D eigenvalue weighted by Gasteiger charge is 2.35. The summed E-state index contributed by atoms with van der Waals surface area (Å²) in [6, 6.07) is 4.82. The zero-order valence-corrected chi connectivity index (χ0v) is 12.6. The van der Waals surface area contributed by atoms with E-state index in [1.165, 1.54) is 18.9 Å². The second-order valence-corrected chi connectivity index (χ2v) is 6.15. The Balaban J connectivity index is 2.36. The van der Waals surface area contributed by atoms with Crippen LogP contribution in [0.5, 0.6) is 0 Å². The first-order chi connectivity index (χ1) is 9.93. The molecule has 1 fully saturated rings. The molecule has 1 aromatic rings. The fourth-order valence-corrected chi connectivity index (χ4v) is 3.26. The summed E-state index contributed by atoms with van der Waals surface area (Å²) in [5, 5.41) is -0.163. The lowest BCUT2D eigenvalue weighted by Crippen LogP contribution is -2.28. The fraction of sp³-hybridized carbons (Fsp3) is 0.357. The number of hydrogen-bond donors (Lipinski definition) is 1. The summed E-state index contributed by atoms with van der Waals surface area (Å²) in [4.78, 5) is 36.6. The number of carbonyl (C=O) groups is 3. The smallest absolute Gasteiger partial charge is 0.340 e. The SMILES string of the molecule is COC(=O)c1cccc(N)c1N1CC(SC(C)=O)CC1=O. The quantitative estimate of drug-likeness (QED) is 0.671. The fourth-order valence-electron chi connectivity index (χ4n) is 2.34. The number of amides is 1. The molecule has 1 heterocycles. The van der Waals surface area contributed by atoms with Crippen molar-refractivity contribution in [2.45, 2.75) is 18.6 Å².